The van der Waals surface area contributed by atoms with Crippen LogP contribution in [0.2, 0.25) is 0 Å². The second-order valence-corrected chi connectivity index (χ2v) is 3.68. The Balaban J connectivity index is 2.19. The predicted molar refractivity (Wildman–Crippen MR) is 62.1 cm³/mol. The average molecular weight is 249 g/mol. The highest BCUT2D eigenvalue weighted by molar-refractivity contribution is 5.99. The van der Waals surface area contributed by atoms with Crippen molar-refractivity contribution in [2.24, 2.45) is 0 Å². The molecule has 2 aromatic rings. The van der Waals surface area contributed by atoms with Crippen LogP contribution in [0.3, 0.4) is 0 Å². The number of carboxylic acid groups (broad SMARTS) is 1. The maximum Gasteiger partial charge on any atom is 0.328 e. The molecule has 0 aliphatic carbocycles. The fourth-order valence-corrected chi connectivity index (χ4v) is 1.50. The van der Waals surface area contributed by atoms with E-state index in [1.54, 1.807) is 12.1 Å². The van der Waals surface area contributed by atoms with Crippen LogP contribution in [0.25, 0.3) is 11.0 Å². The number of aliphatic hydroxyl groups excluding tert-OH is 1. The van der Waals surface area contributed by atoms with Crippen LogP contribution < -0.4 is 5.32 Å². The largest absolute Gasteiger partial charge is 0.480 e. The minimum atomic E-state index is -1.31. The van der Waals surface area contributed by atoms with Gasteiger partial charge in [-0.25, -0.2) is 9.78 Å². The standard InChI is InChI=1S/C11H11N3O4/c15-4-9(11(17)18)14-10(16)6-1-2-7-8(3-6)13-5-12-7/h1-3,5,9,15H,4H2,(H,12,13)(H,14,16)(H,17,18). The van der Waals surface area contributed by atoms with E-state index < -0.39 is 24.5 Å². The van der Waals surface area contributed by atoms with Crippen molar-refractivity contribution in [3.8, 4) is 0 Å². The van der Waals surface area contributed by atoms with Crippen molar-refractivity contribution in [3.63, 3.8) is 0 Å². The Kier molecular flexibility index (Phi) is 3.24. The molecule has 1 atom stereocenters. The Labute approximate surface area is 101 Å². The number of aromatic nitrogens is 2. The van der Waals surface area contributed by atoms with Gasteiger partial charge in [0.25, 0.3) is 5.91 Å². The Bertz CT molecular complexity index is 593. The molecule has 4 N–H and O–H groups in total. The molecule has 2 rings (SSSR count). The minimum Gasteiger partial charge on any atom is -0.480 e. The molecule has 0 spiro atoms. The first kappa shape index (κ1) is 12.1. The Morgan fingerprint density at radius 3 is 2.89 bits per heavy atom. The van der Waals surface area contributed by atoms with E-state index in [-0.39, 0.29) is 0 Å². The van der Waals surface area contributed by atoms with Crippen LogP contribution in [0, 0.1) is 0 Å². The summed E-state index contributed by atoms with van der Waals surface area (Å²) in [5.74, 6) is -1.85. The SMILES string of the molecule is O=C(NC(CO)C(=O)O)c1ccc2nc[nH]c2c1. The van der Waals surface area contributed by atoms with Gasteiger partial charge in [0, 0.05) is 5.56 Å². The molecule has 1 heterocycles. The number of carbonyl (C=O) groups excluding carboxylic acids is 1. The molecule has 0 bridgehead atoms. The summed E-state index contributed by atoms with van der Waals surface area (Å²) in [4.78, 5) is 29.3. The third-order valence-corrected chi connectivity index (χ3v) is 2.47. The Morgan fingerprint density at radius 2 is 2.22 bits per heavy atom. The van der Waals surface area contributed by atoms with E-state index in [1.807, 2.05) is 0 Å². The van der Waals surface area contributed by atoms with Crippen molar-refractivity contribution in [3.05, 3.63) is 30.1 Å². The summed E-state index contributed by atoms with van der Waals surface area (Å²) in [5.41, 5.74) is 1.69. The van der Waals surface area contributed by atoms with Crippen molar-refractivity contribution in [1.29, 1.82) is 0 Å². The quantitative estimate of drug-likeness (QED) is 0.595. The van der Waals surface area contributed by atoms with Crippen molar-refractivity contribution >= 4 is 22.9 Å². The zero-order chi connectivity index (χ0) is 13.1. The van der Waals surface area contributed by atoms with E-state index in [0.717, 1.165) is 0 Å². The summed E-state index contributed by atoms with van der Waals surface area (Å²) >= 11 is 0. The van der Waals surface area contributed by atoms with E-state index in [0.29, 0.717) is 16.6 Å². The number of hydrogen-bond acceptors (Lipinski definition) is 4. The van der Waals surface area contributed by atoms with Gasteiger partial charge in [-0.05, 0) is 18.2 Å². The number of benzene rings is 1. The van der Waals surface area contributed by atoms with E-state index in [2.05, 4.69) is 15.3 Å². The Morgan fingerprint density at radius 1 is 1.44 bits per heavy atom. The number of hydrogen-bond donors (Lipinski definition) is 4. The zero-order valence-corrected chi connectivity index (χ0v) is 9.25. The number of aromatic amines is 1. The lowest BCUT2D eigenvalue weighted by molar-refractivity contribution is -0.140. The van der Waals surface area contributed by atoms with E-state index >= 15 is 0 Å². The maximum absolute atomic E-state index is 11.8. The van der Waals surface area contributed by atoms with Crippen LogP contribution in [0.15, 0.2) is 24.5 Å². The molecule has 1 aromatic carbocycles. The molecule has 0 aliphatic rings. The van der Waals surface area contributed by atoms with E-state index in [4.69, 9.17) is 10.2 Å². The number of carbonyl (C=O) groups is 2. The number of H-pyrrole nitrogens is 1. The molecule has 7 nitrogen and oxygen atoms in total. The first-order valence-corrected chi connectivity index (χ1v) is 5.19. The first-order valence-electron chi connectivity index (χ1n) is 5.19. The summed E-state index contributed by atoms with van der Waals surface area (Å²) < 4.78 is 0. The second kappa shape index (κ2) is 4.84. The van der Waals surface area contributed by atoms with Crippen molar-refractivity contribution in [1.82, 2.24) is 15.3 Å². The molecule has 1 amide bonds. The molecule has 1 aromatic heterocycles. The van der Waals surface area contributed by atoms with E-state index in [9.17, 15) is 9.59 Å². The normalized spacial score (nSPS) is 12.3. The molecule has 0 radical (unpaired) electrons. The van der Waals surface area contributed by atoms with Crippen molar-refractivity contribution in [2.45, 2.75) is 6.04 Å². The minimum absolute atomic E-state index is 0.298. The van der Waals surface area contributed by atoms with Gasteiger partial charge in [0.15, 0.2) is 6.04 Å². The van der Waals surface area contributed by atoms with Crippen LogP contribution >= 0.6 is 0 Å². The molecule has 0 saturated carbocycles. The average Bonchev–Trinajstić information content (AvgIpc) is 2.82. The van der Waals surface area contributed by atoms with Gasteiger partial charge in [-0.3, -0.25) is 4.79 Å². The maximum atomic E-state index is 11.8. The van der Waals surface area contributed by atoms with Crippen LogP contribution in [-0.4, -0.2) is 44.7 Å². The molecule has 7 heteroatoms. The number of rotatable bonds is 4. The number of nitrogens with zero attached hydrogens (tertiary/aromatic N) is 1. The van der Waals surface area contributed by atoms with E-state index in [1.165, 1.54) is 12.4 Å². The molecule has 0 fully saturated rings. The highest BCUT2D eigenvalue weighted by atomic mass is 16.4. The summed E-state index contributed by atoms with van der Waals surface area (Å²) in [7, 11) is 0. The van der Waals surface area contributed by atoms with Crippen molar-refractivity contribution < 1.29 is 19.8 Å². The number of amides is 1. The lowest BCUT2D eigenvalue weighted by Gasteiger charge is -2.11. The molecular weight excluding hydrogens is 238 g/mol. The molecule has 94 valence electrons. The molecule has 18 heavy (non-hydrogen) atoms. The summed E-state index contributed by atoms with van der Waals surface area (Å²) in [5, 5.41) is 19.8. The zero-order valence-electron chi connectivity index (χ0n) is 9.25. The number of carboxylic acids is 1. The van der Waals surface area contributed by atoms with Crippen LogP contribution in [0.1, 0.15) is 10.4 Å². The summed E-state index contributed by atoms with van der Waals surface area (Å²) in [6, 6.07) is 3.44. The smallest absolute Gasteiger partial charge is 0.328 e. The van der Waals surface area contributed by atoms with Gasteiger partial charge < -0.3 is 20.5 Å². The van der Waals surface area contributed by atoms with Gasteiger partial charge in [-0.15, -0.1) is 0 Å². The fourth-order valence-electron chi connectivity index (χ4n) is 1.50. The highest BCUT2D eigenvalue weighted by Crippen LogP contribution is 2.11. The number of nitrogens with one attached hydrogen (secondary N) is 2. The van der Waals surface area contributed by atoms with Crippen LogP contribution in [0.4, 0.5) is 0 Å². The van der Waals surface area contributed by atoms with Gasteiger partial charge in [0.2, 0.25) is 0 Å². The lowest BCUT2D eigenvalue weighted by Crippen LogP contribution is -2.43. The highest BCUT2D eigenvalue weighted by Gasteiger charge is 2.19. The van der Waals surface area contributed by atoms with Gasteiger partial charge >= 0.3 is 5.97 Å². The number of fused-ring (bicyclic) bond motifs is 1. The lowest BCUT2D eigenvalue weighted by atomic mass is 10.1. The molecule has 1 unspecified atom stereocenters. The fraction of sp³-hybridized carbons (Fsp3) is 0.182. The first-order chi connectivity index (χ1) is 8.61. The predicted octanol–water partition coefficient (Wildman–Crippen LogP) is -0.262. The molecule has 0 aliphatic heterocycles. The number of imidazole rings is 1. The van der Waals surface area contributed by atoms with Crippen molar-refractivity contribution in [2.75, 3.05) is 6.61 Å². The van der Waals surface area contributed by atoms with Gasteiger partial charge in [0.1, 0.15) is 0 Å². The third-order valence-electron chi connectivity index (χ3n) is 2.47. The molecule has 0 saturated heterocycles. The van der Waals surface area contributed by atoms with Crippen LogP contribution in [0.5, 0.6) is 0 Å². The topological polar surface area (TPSA) is 115 Å². The number of aliphatic hydroxyl groups is 1. The Hall–Kier alpha value is -2.41. The second-order valence-electron chi connectivity index (χ2n) is 3.68. The van der Waals surface area contributed by atoms with Gasteiger partial charge in [0.05, 0.1) is 24.0 Å². The summed E-state index contributed by atoms with van der Waals surface area (Å²) in [6.45, 7) is -0.659. The van der Waals surface area contributed by atoms with Gasteiger partial charge in [-0.1, -0.05) is 0 Å². The monoisotopic (exact) mass is 249 g/mol. The summed E-state index contributed by atoms with van der Waals surface area (Å²) in [6.07, 6.45) is 1.50. The number of aliphatic carboxylic acids is 1. The third kappa shape index (κ3) is 2.30. The molecular formula is C11H11N3O4. The van der Waals surface area contributed by atoms with Gasteiger partial charge in [-0.2, -0.15) is 0 Å². The van der Waals surface area contributed by atoms with Crippen LogP contribution in [-0.2, 0) is 4.79 Å².